The number of hydrogen-bond donors (Lipinski definition) is 1. The van der Waals surface area contributed by atoms with E-state index in [9.17, 15) is 18.0 Å². The highest BCUT2D eigenvalue weighted by Crippen LogP contribution is 2.26. The van der Waals surface area contributed by atoms with Crippen LogP contribution in [0.4, 0.5) is 5.69 Å². The predicted molar refractivity (Wildman–Crippen MR) is 152 cm³/mol. The van der Waals surface area contributed by atoms with Gasteiger partial charge in [0.15, 0.2) is 0 Å². The fourth-order valence-electron chi connectivity index (χ4n) is 3.92. The second kappa shape index (κ2) is 12.5. The second-order valence-corrected chi connectivity index (χ2v) is 11.9. The summed E-state index contributed by atoms with van der Waals surface area (Å²) in [7, 11) is -4.13. The molecule has 0 unspecified atom stereocenters. The summed E-state index contributed by atoms with van der Waals surface area (Å²) in [4.78, 5) is 28.2. The molecule has 0 aliphatic heterocycles. The van der Waals surface area contributed by atoms with E-state index in [4.69, 9.17) is 11.6 Å². The average molecular weight is 556 g/mol. The molecule has 0 heterocycles. The molecule has 0 saturated carbocycles. The van der Waals surface area contributed by atoms with Crippen LogP contribution in [0.3, 0.4) is 0 Å². The molecular weight excluding hydrogens is 522 g/mol. The van der Waals surface area contributed by atoms with Crippen molar-refractivity contribution in [2.45, 2.75) is 58.1 Å². The lowest BCUT2D eigenvalue weighted by molar-refractivity contribution is -0.139. The third kappa shape index (κ3) is 7.36. The van der Waals surface area contributed by atoms with Gasteiger partial charge in [-0.1, -0.05) is 53.6 Å². The topological polar surface area (TPSA) is 86.8 Å². The number of amides is 2. The third-order valence-corrected chi connectivity index (χ3v) is 8.08. The van der Waals surface area contributed by atoms with Gasteiger partial charge in [-0.15, -0.1) is 0 Å². The van der Waals surface area contributed by atoms with Crippen LogP contribution in [0.15, 0.2) is 77.7 Å². The van der Waals surface area contributed by atoms with Crippen molar-refractivity contribution in [1.82, 2.24) is 10.2 Å². The standard InChI is InChI=1S/C29H34ClN3O4S/c1-20(2)31-29(35)23(5)32(18-24-11-9-21(3)10-12-24)28(34)19-33(26-8-6-7-22(4)17-26)38(36,37)27-15-13-25(30)14-16-27/h6-17,20,23H,18-19H2,1-5H3,(H,31,35)/t23-/m1/s1. The van der Waals surface area contributed by atoms with Gasteiger partial charge in [0, 0.05) is 17.6 Å². The number of benzene rings is 3. The van der Waals surface area contributed by atoms with E-state index in [2.05, 4.69) is 5.32 Å². The van der Waals surface area contributed by atoms with Crippen LogP contribution in [-0.4, -0.2) is 43.8 Å². The summed E-state index contributed by atoms with van der Waals surface area (Å²) in [6.07, 6.45) is 0. The Morgan fingerprint density at radius 1 is 0.895 bits per heavy atom. The molecule has 3 aromatic rings. The molecule has 1 N–H and O–H groups in total. The van der Waals surface area contributed by atoms with Gasteiger partial charge in [-0.25, -0.2) is 8.42 Å². The zero-order valence-electron chi connectivity index (χ0n) is 22.3. The van der Waals surface area contributed by atoms with Gasteiger partial charge in [-0.3, -0.25) is 13.9 Å². The molecule has 0 aliphatic rings. The first-order chi connectivity index (χ1) is 17.9. The van der Waals surface area contributed by atoms with Gasteiger partial charge in [0.1, 0.15) is 12.6 Å². The first-order valence-electron chi connectivity index (χ1n) is 12.4. The fraction of sp³-hybridized carbons (Fsp3) is 0.310. The molecule has 7 nitrogen and oxygen atoms in total. The van der Waals surface area contributed by atoms with Crippen molar-refractivity contribution in [2.24, 2.45) is 0 Å². The highest BCUT2D eigenvalue weighted by atomic mass is 35.5. The third-order valence-electron chi connectivity index (χ3n) is 6.04. The number of aryl methyl sites for hydroxylation is 2. The van der Waals surface area contributed by atoms with E-state index in [1.54, 1.807) is 25.1 Å². The number of halogens is 1. The number of sulfonamides is 1. The Hall–Kier alpha value is -3.36. The van der Waals surface area contributed by atoms with Crippen LogP contribution in [0.5, 0.6) is 0 Å². The smallest absolute Gasteiger partial charge is 0.264 e. The summed E-state index contributed by atoms with van der Waals surface area (Å²) in [6.45, 7) is 8.81. The Balaban J connectivity index is 2.03. The first-order valence-corrected chi connectivity index (χ1v) is 14.2. The summed E-state index contributed by atoms with van der Waals surface area (Å²) in [5.41, 5.74) is 3.09. The lowest BCUT2D eigenvalue weighted by atomic mass is 10.1. The first kappa shape index (κ1) is 29.2. The Labute approximate surface area is 230 Å². The van der Waals surface area contributed by atoms with Crippen molar-refractivity contribution in [3.8, 4) is 0 Å². The van der Waals surface area contributed by atoms with Crippen molar-refractivity contribution in [3.63, 3.8) is 0 Å². The molecular formula is C29H34ClN3O4S. The summed E-state index contributed by atoms with van der Waals surface area (Å²) in [5, 5.41) is 3.25. The summed E-state index contributed by atoms with van der Waals surface area (Å²) in [6, 6.07) is 19.5. The van der Waals surface area contributed by atoms with E-state index in [0.717, 1.165) is 21.0 Å². The Morgan fingerprint density at radius 3 is 2.11 bits per heavy atom. The van der Waals surface area contributed by atoms with E-state index in [1.165, 1.54) is 29.2 Å². The van der Waals surface area contributed by atoms with Crippen LogP contribution in [0.1, 0.15) is 37.5 Å². The molecule has 0 bridgehead atoms. The molecule has 3 rings (SSSR count). The van der Waals surface area contributed by atoms with Crippen molar-refractivity contribution < 1.29 is 18.0 Å². The molecule has 0 aliphatic carbocycles. The highest BCUT2D eigenvalue weighted by Gasteiger charge is 2.32. The monoisotopic (exact) mass is 555 g/mol. The van der Waals surface area contributed by atoms with Crippen LogP contribution < -0.4 is 9.62 Å². The largest absolute Gasteiger partial charge is 0.352 e. The number of nitrogens with one attached hydrogen (secondary N) is 1. The molecule has 0 spiro atoms. The van der Waals surface area contributed by atoms with Crippen molar-refractivity contribution in [2.75, 3.05) is 10.8 Å². The average Bonchev–Trinajstić information content (AvgIpc) is 2.86. The van der Waals surface area contributed by atoms with E-state index in [0.29, 0.717) is 10.7 Å². The molecule has 9 heteroatoms. The molecule has 2 amide bonds. The van der Waals surface area contributed by atoms with Crippen LogP contribution >= 0.6 is 11.6 Å². The Morgan fingerprint density at radius 2 is 1.53 bits per heavy atom. The molecule has 202 valence electrons. The number of carbonyl (C=O) groups excluding carboxylic acids is 2. The van der Waals surface area contributed by atoms with Crippen molar-refractivity contribution >= 4 is 39.1 Å². The minimum Gasteiger partial charge on any atom is -0.352 e. The van der Waals surface area contributed by atoms with Crippen LogP contribution in [0, 0.1) is 13.8 Å². The lowest BCUT2D eigenvalue weighted by Crippen LogP contribution is -2.52. The zero-order chi connectivity index (χ0) is 28.0. The maximum atomic E-state index is 13.9. The lowest BCUT2D eigenvalue weighted by Gasteiger charge is -2.32. The maximum absolute atomic E-state index is 13.9. The van der Waals surface area contributed by atoms with Crippen LogP contribution in [0.25, 0.3) is 0 Å². The van der Waals surface area contributed by atoms with Gasteiger partial charge in [-0.2, -0.15) is 0 Å². The van der Waals surface area contributed by atoms with Crippen LogP contribution in [0.2, 0.25) is 5.02 Å². The van der Waals surface area contributed by atoms with Gasteiger partial charge in [0.25, 0.3) is 10.0 Å². The fourth-order valence-corrected chi connectivity index (χ4v) is 5.46. The van der Waals surface area contributed by atoms with E-state index in [-0.39, 0.29) is 23.4 Å². The molecule has 0 aromatic heterocycles. The molecule has 1 atom stereocenters. The van der Waals surface area contributed by atoms with Crippen LogP contribution in [-0.2, 0) is 26.2 Å². The van der Waals surface area contributed by atoms with Gasteiger partial charge in [-0.05, 0) is 82.1 Å². The Kier molecular flexibility index (Phi) is 9.57. The molecule has 38 heavy (non-hydrogen) atoms. The number of anilines is 1. The number of hydrogen-bond acceptors (Lipinski definition) is 4. The number of nitrogens with zero attached hydrogens (tertiary/aromatic N) is 2. The van der Waals surface area contributed by atoms with Crippen molar-refractivity contribution in [1.29, 1.82) is 0 Å². The SMILES string of the molecule is Cc1ccc(CN(C(=O)CN(c2cccc(C)c2)S(=O)(=O)c2ccc(Cl)cc2)[C@H](C)C(=O)NC(C)C)cc1. The van der Waals surface area contributed by atoms with Gasteiger partial charge in [0.2, 0.25) is 11.8 Å². The minimum atomic E-state index is -4.13. The summed E-state index contributed by atoms with van der Waals surface area (Å²) < 4.78 is 28.7. The second-order valence-electron chi connectivity index (χ2n) is 9.65. The maximum Gasteiger partial charge on any atom is 0.264 e. The quantitative estimate of drug-likeness (QED) is 0.377. The highest BCUT2D eigenvalue weighted by molar-refractivity contribution is 7.92. The normalized spacial score (nSPS) is 12.2. The van der Waals surface area contributed by atoms with Gasteiger partial charge >= 0.3 is 0 Å². The predicted octanol–water partition coefficient (Wildman–Crippen LogP) is 5.09. The summed E-state index contributed by atoms with van der Waals surface area (Å²) in [5.74, 6) is -0.820. The van der Waals surface area contributed by atoms with Crippen molar-refractivity contribution in [3.05, 3.63) is 94.5 Å². The molecule has 0 fully saturated rings. The number of rotatable bonds is 10. The van der Waals surface area contributed by atoms with E-state index < -0.39 is 28.5 Å². The zero-order valence-corrected chi connectivity index (χ0v) is 23.9. The molecule has 3 aromatic carbocycles. The Bertz CT molecular complexity index is 1370. The van der Waals surface area contributed by atoms with Gasteiger partial charge < -0.3 is 10.2 Å². The minimum absolute atomic E-state index is 0.00638. The molecule has 0 saturated heterocycles. The summed E-state index contributed by atoms with van der Waals surface area (Å²) >= 11 is 5.99. The van der Waals surface area contributed by atoms with E-state index >= 15 is 0 Å². The van der Waals surface area contributed by atoms with Gasteiger partial charge in [0.05, 0.1) is 10.6 Å². The molecule has 0 radical (unpaired) electrons. The van der Waals surface area contributed by atoms with E-state index in [1.807, 2.05) is 58.0 Å². The number of carbonyl (C=O) groups is 2.